The standard InChI is InChI=1S/C12H10O3S2/c13-17(14,16)15-12-8-6-11(7-9-12)10-4-2-1-3-5-10/h1-9H,(H,13,14,16). The quantitative estimate of drug-likeness (QED) is 0.928. The molecule has 17 heavy (non-hydrogen) atoms. The highest BCUT2D eigenvalue weighted by atomic mass is 32.9. The average molecular weight is 266 g/mol. The monoisotopic (exact) mass is 266 g/mol. The average Bonchev–Trinajstić information content (AvgIpc) is 2.29. The normalized spacial score (nSPS) is 13.9. The lowest BCUT2D eigenvalue weighted by atomic mass is 10.1. The van der Waals surface area contributed by atoms with Crippen LogP contribution in [0.4, 0.5) is 0 Å². The van der Waals surface area contributed by atoms with E-state index in [2.05, 4.69) is 11.2 Å². The molecule has 2 rings (SSSR count). The van der Waals surface area contributed by atoms with Crippen molar-refractivity contribution in [2.75, 3.05) is 0 Å². The number of rotatable bonds is 3. The lowest BCUT2D eigenvalue weighted by Crippen LogP contribution is -2.04. The van der Waals surface area contributed by atoms with Crippen LogP contribution in [0.5, 0.6) is 5.75 Å². The van der Waals surface area contributed by atoms with E-state index in [1.807, 2.05) is 42.5 Å². The molecule has 0 spiro atoms. The van der Waals surface area contributed by atoms with Gasteiger partial charge in [0.15, 0.2) is 0 Å². The Labute approximate surface area is 105 Å². The van der Waals surface area contributed by atoms with E-state index in [-0.39, 0.29) is 5.75 Å². The number of benzene rings is 2. The third-order valence-electron chi connectivity index (χ3n) is 2.16. The summed E-state index contributed by atoms with van der Waals surface area (Å²) in [5, 5.41) is 0. The van der Waals surface area contributed by atoms with Gasteiger partial charge in [-0.15, -0.1) is 0 Å². The Morgan fingerprint density at radius 3 is 2.00 bits per heavy atom. The largest absolute Gasteiger partial charge is 0.382 e. The van der Waals surface area contributed by atoms with E-state index < -0.39 is 9.05 Å². The van der Waals surface area contributed by atoms with Crippen molar-refractivity contribution in [1.29, 1.82) is 0 Å². The summed E-state index contributed by atoms with van der Waals surface area (Å²) in [6.07, 6.45) is 0. The van der Waals surface area contributed by atoms with Crippen LogP contribution in [0.2, 0.25) is 0 Å². The molecule has 1 N–H and O–H groups in total. The molecule has 0 saturated heterocycles. The zero-order valence-corrected chi connectivity index (χ0v) is 10.4. The molecule has 2 aromatic carbocycles. The van der Waals surface area contributed by atoms with Gasteiger partial charge in [0.25, 0.3) is 0 Å². The van der Waals surface area contributed by atoms with Gasteiger partial charge in [-0.1, -0.05) is 42.5 Å². The van der Waals surface area contributed by atoms with Gasteiger partial charge in [-0.05, 0) is 23.3 Å². The highest BCUT2D eigenvalue weighted by Crippen LogP contribution is 2.22. The zero-order chi connectivity index (χ0) is 12.3. The van der Waals surface area contributed by atoms with E-state index in [4.69, 9.17) is 8.74 Å². The Hall–Kier alpha value is -1.43. The fraction of sp³-hybridized carbons (Fsp3) is 0. The van der Waals surface area contributed by atoms with E-state index in [9.17, 15) is 4.21 Å². The molecule has 0 bridgehead atoms. The first-order valence-corrected chi connectivity index (χ1v) is 7.23. The lowest BCUT2D eigenvalue weighted by molar-refractivity contribution is 0.454. The minimum atomic E-state index is -3.62. The van der Waals surface area contributed by atoms with Crippen LogP contribution in [0.3, 0.4) is 0 Å². The summed E-state index contributed by atoms with van der Waals surface area (Å²) in [7, 11) is -3.62. The molecule has 0 saturated carbocycles. The van der Waals surface area contributed by atoms with E-state index in [0.29, 0.717) is 0 Å². The molecule has 1 atom stereocenters. The van der Waals surface area contributed by atoms with Gasteiger partial charge < -0.3 is 4.18 Å². The molecule has 0 aliphatic rings. The van der Waals surface area contributed by atoms with Crippen molar-refractivity contribution in [3.8, 4) is 16.9 Å². The van der Waals surface area contributed by atoms with Crippen molar-refractivity contribution in [1.82, 2.24) is 0 Å². The van der Waals surface area contributed by atoms with E-state index >= 15 is 0 Å². The van der Waals surface area contributed by atoms with E-state index in [0.717, 1.165) is 11.1 Å². The Bertz CT molecular complexity index is 589. The summed E-state index contributed by atoms with van der Waals surface area (Å²) >= 11 is 4.25. The molecule has 2 aromatic rings. The first kappa shape index (κ1) is 12.0. The molecular formula is C12H10O3S2. The second kappa shape index (κ2) is 4.83. The second-order valence-electron chi connectivity index (χ2n) is 3.40. The SMILES string of the molecule is O=S(O)(=S)Oc1ccc(-c2ccccc2)cc1. The molecule has 1 unspecified atom stereocenters. The van der Waals surface area contributed by atoms with Gasteiger partial charge in [-0.25, -0.2) is 0 Å². The number of hydrogen-bond acceptors (Lipinski definition) is 3. The lowest BCUT2D eigenvalue weighted by Gasteiger charge is -2.05. The summed E-state index contributed by atoms with van der Waals surface area (Å²) in [6.45, 7) is 0. The van der Waals surface area contributed by atoms with Crippen LogP contribution < -0.4 is 4.18 Å². The maximum Gasteiger partial charge on any atom is 0.311 e. The van der Waals surface area contributed by atoms with Crippen LogP contribution in [0.15, 0.2) is 54.6 Å². The fourth-order valence-electron chi connectivity index (χ4n) is 1.46. The fourth-order valence-corrected chi connectivity index (χ4v) is 2.05. The Morgan fingerprint density at radius 2 is 1.47 bits per heavy atom. The van der Waals surface area contributed by atoms with Gasteiger partial charge in [-0.2, -0.15) is 4.21 Å². The molecule has 0 fully saturated rings. The minimum absolute atomic E-state index is 0.284. The summed E-state index contributed by atoms with van der Waals surface area (Å²) in [5.74, 6) is 0.284. The molecule has 0 aliphatic carbocycles. The summed E-state index contributed by atoms with van der Waals surface area (Å²) < 4.78 is 24.4. The van der Waals surface area contributed by atoms with Crippen LogP contribution in [0, 0.1) is 0 Å². The molecule has 0 amide bonds. The van der Waals surface area contributed by atoms with Crippen molar-refractivity contribution in [2.24, 2.45) is 0 Å². The summed E-state index contributed by atoms with van der Waals surface area (Å²) in [4.78, 5) is 0. The van der Waals surface area contributed by atoms with Gasteiger partial charge in [-0.3, -0.25) is 4.55 Å². The molecular weight excluding hydrogens is 256 g/mol. The Morgan fingerprint density at radius 1 is 0.941 bits per heavy atom. The zero-order valence-electron chi connectivity index (χ0n) is 8.78. The maximum atomic E-state index is 10.9. The topological polar surface area (TPSA) is 46.5 Å². The molecule has 88 valence electrons. The molecule has 5 heteroatoms. The van der Waals surface area contributed by atoms with E-state index in [1.54, 1.807) is 12.1 Å². The van der Waals surface area contributed by atoms with Crippen LogP contribution in [0.25, 0.3) is 11.1 Å². The molecule has 0 aliphatic heterocycles. The smallest absolute Gasteiger partial charge is 0.311 e. The van der Waals surface area contributed by atoms with Crippen molar-refractivity contribution in [3.63, 3.8) is 0 Å². The molecule has 0 heterocycles. The van der Waals surface area contributed by atoms with Crippen molar-refractivity contribution in [3.05, 3.63) is 54.6 Å². The van der Waals surface area contributed by atoms with Crippen LogP contribution in [0.1, 0.15) is 0 Å². The van der Waals surface area contributed by atoms with Gasteiger partial charge in [0.2, 0.25) is 0 Å². The minimum Gasteiger partial charge on any atom is -0.382 e. The van der Waals surface area contributed by atoms with Crippen molar-refractivity contribution < 1.29 is 12.9 Å². The molecule has 0 radical (unpaired) electrons. The molecule has 0 aromatic heterocycles. The van der Waals surface area contributed by atoms with Gasteiger partial charge in [0, 0.05) is 0 Å². The maximum absolute atomic E-state index is 10.9. The van der Waals surface area contributed by atoms with Crippen molar-refractivity contribution in [2.45, 2.75) is 0 Å². The molecule has 3 nitrogen and oxygen atoms in total. The van der Waals surface area contributed by atoms with E-state index in [1.165, 1.54) is 0 Å². The predicted octanol–water partition coefficient (Wildman–Crippen LogP) is 2.87. The number of hydrogen-bond donors (Lipinski definition) is 1. The Balaban J connectivity index is 2.25. The third-order valence-corrected chi connectivity index (χ3v) is 2.77. The van der Waals surface area contributed by atoms with Crippen LogP contribution >= 0.6 is 0 Å². The van der Waals surface area contributed by atoms with Gasteiger partial charge in [0.1, 0.15) is 5.75 Å². The summed E-state index contributed by atoms with van der Waals surface area (Å²) in [6, 6.07) is 16.7. The van der Waals surface area contributed by atoms with Crippen LogP contribution in [-0.2, 0) is 20.2 Å². The summed E-state index contributed by atoms with van der Waals surface area (Å²) in [5.41, 5.74) is 2.08. The van der Waals surface area contributed by atoms with Gasteiger partial charge in [0.05, 0.1) is 11.2 Å². The van der Waals surface area contributed by atoms with Crippen LogP contribution in [-0.4, -0.2) is 8.76 Å². The first-order chi connectivity index (χ1) is 8.04. The third kappa shape index (κ3) is 3.52. The highest BCUT2D eigenvalue weighted by Gasteiger charge is 2.03. The highest BCUT2D eigenvalue weighted by molar-refractivity contribution is 8.27. The van der Waals surface area contributed by atoms with Gasteiger partial charge >= 0.3 is 9.05 Å². The first-order valence-electron chi connectivity index (χ1n) is 4.87. The second-order valence-corrected chi connectivity index (χ2v) is 5.69. The predicted molar refractivity (Wildman–Crippen MR) is 70.6 cm³/mol. The van der Waals surface area contributed by atoms with Crippen molar-refractivity contribution >= 4 is 20.2 Å². The Kier molecular flexibility index (Phi) is 3.42.